The maximum absolute atomic E-state index is 12.7. The molecule has 0 aliphatic rings. The number of benzene rings is 2. The molecule has 0 spiro atoms. The number of ether oxygens (including phenoxy) is 1. The van der Waals surface area contributed by atoms with Crippen LogP contribution in [0.3, 0.4) is 0 Å². The van der Waals surface area contributed by atoms with Crippen molar-refractivity contribution >= 4 is 22.6 Å². The highest BCUT2D eigenvalue weighted by Gasteiger charge is 2.18. The van der Waals surface area contributed by atoms with E-state index in [1.165, 1.54) is 0 Å². The number of amides is 1. The van der Waals surface area contributed by atoms with Gasteiger partial charge < -0.3 is 14.7 Å². The van der Waals surface area contributed by atoms with Crippen LogP contribution in [0.1, 0.15) is 23.7 Å². The van der Waals surface area contributed by atoms with Crippen molar-refractivity contribution in [3.05, 3.63) is 42.0 Å². The highest BCUT2D eigenvalue weighted by atomic mass is 16.5. The third-order valence-electron chi connectivity index (χ3n) is 3.60. The SMILES string of the molecule is CCN(CCC(=O)O)C(=O)c1ccc(OC)c2ccccc12. The Morgan fingerprint density at radius 1 is 1.14 bits per heavy atom. The lowest BCUT2D eigenvalue weighted by Gasteiger charge is -2.21. The Hall–Kier alpha value is -2.56. The number of carbonyl (C=O) groups excluding carboxylic acids is 1. The Morgan fingerprint density at radius 3 is 2.41 bits per heavy atom. The van der Waals surface area contributed by atoms with Gasteiger partial charge in [-0.25, -0.2) is 0 Å². The number of carbonyl (C=O) groups is 2. The van der Waals surface area contributed by atoms with Gasteiger partial charge >= 0.3 is 5.97 Å². The van der Waals surface area contributed by atoms with Crippen LogP contribution in [-0.2, 0) is 4.79 Å². The molecule has 0 heterocycles. The van der Waals surface area contributed by atoms with Crippen LogP contribution in [0.15, 0.2) is 36.4 Å². The number of methoxy groups -OCH3 is 1. The predicted octanol–water partition coefficient (Wildman–Crippen LogP) is 2.79. The number of rotatable bonds is 6. The molecule has 116 valence electrons. The van der Waals surface area contributed by atoms with Crippen LogP contribution < -0.4 is 4.74 Å². The van der Waals surface area contributed by atoms with E-state index in [4.69, 9.17) is 9.84 Å². The molecular formula is C17H19NO4. The number of hydrogen-bond acceptors (Lipinski definition) is 3. The maximum Gasteiger partial charge on any atom is 0.305 e. The molecule has 0 unspecified atom stereocenters. The molecule has 0 saturated carbocycles. The van der Waals surface area contributed by atoms with Crippen LogP contribution in [0.4, 0.5) is 0 Å². The van der Waals surface area contributed by atoms with Gasteiger partial charge in [-0.2, -0.15) is 0 Å². The smallest absolute Gasteiger partial charge is 0.305 e. The maximum atomic E-state index is 12.7. The van der Waals surface area contributed by atoms with Crippen molar-refractivity contribution in [3.63, 3.8) is 0 Å². The van der Waals surface area contributed by atoms with Gasteiger partial charge in [0, 0.05) is 24.0 Å². The van der Waals surface area contributed by atoms with Gasteiger partial charge in [0.25, 0.3) is 5.91 Å². The summed E-state index contributed by atoms with van der Waals surface area (Å²) in [5.41, 5.74) is 0.559. The lowest BCUT2D eigenvalue weighted by molar-refractivity contribution is -0.137. The highest BCUT2D eigenvalue weighted by Crippen LogP contribution is 2.29. The summed E-state index contributed by atoms with van der Waals surface area (Å²) in [5.74, 6) is -0.367. The predicted molar refractivity (Wildman–Crippen MR) is 84.3 cm³/mol. The molecule has 1 N–H and O–H groups in total. The van der Waals surface area contributed by atoms with Gasteiger partial charge in [-0.05, 0) is 24.4 Å². The van der Waals surface area contributed by atoms with Gasteiger partial charge in [-0.3, -0.25) is 9.59 Å². The average molecular weight is 301 g/mol. The highest BCUT2D eigenvalue weighted by molar-refractivity contribution is 6.08. The minimum Gasteiger partial charge on any atom is -0.496 e. The van der Waals surface area contributed by atoms with E-state index in [9.17, 15) is 9.59 Å². The fraction of sp³-hybridized carbons (Fsp3) is 0.294. The van der Waals surface area contributed by atoms with E-state index in [1.807, 2.05) is 31.2 Å². The molecule has 0 fully saturated rings. The van der Waals surface area contributed by atoms with E-state index in [0.29, 0.717) is 17.9 Å². The number of carboxylic acids is 1. The van der Waals surface area contributed by atoms with Gasteiger partial charge in [0.2, 0.25) is 0 Å². The van der Waals surface area contributed by atoms with Crippen molar-refractivity contribution < 1.29 is 19.4 Å². The molecule has 2 aromatic rings. The summed E-state index contributed by atoms with van der Waals surface area (Å²) in [6, 6.07) is 11.0. The summed E-state index contributed by atoms with van der Waals surface area (Å²) in [7, 11) is 1.59. The Labute approximate surface area is 129 Å². The molecule has 2 aromatic carbocycles. The van der Waals surface area contributed by atoms with Crippen molar-refractivity contribution in [1.29, 1.82) is 0 Å². The lowest BCUT2D eigenvalue weighted by atomic mass is 10.0. The number of carboxylic acid groups (broad SMARTS) is 1. The number of fused-ring (bicyclic) bond motifs is 1. The summed E-state index contributed by atoms with van der Waals surface area (Å²) in [4.78, 5) is 25.0. The Balaban J connectivity index is 2.41. The zero-order valence-electron chi connectivity index (χ0n) is 12.7. The van der Waals surface area contributed by atoms with E-state index in [1.54, 1.807) is 24.1 Å². The first kappa shape index (κ1) is 15.8. The minimum atomic E-state index is -0.911. The van der Waals surface area contributed by atoms with Gasteiger partial charge in [0.1, 0.15) is 5.75 Å². The summed E-state index contributed by atoms with van der Waals surface area (Å²) < 4.78 is 5.33. The molecular weight excluding hydrogens is 282 g/mol. The van der Waals surface area contributed by atoms with Crippen LogP contribution in [0.5, 0.6) is 5.75 Å². The van der Waals surface area contributed by atoms with Crippen molar-refractivity contribution in [2.45, 2.75) is 13.3 Å². The average Bonchev–Trinajstić information content (AvgIpc) is 2.53. The van der Waals surface area contributed by atoms with E-state index < -0.39 is 5.97 Å². The summed E-state index contributed by atoms with van der Waals surface area (Å²) in [6.07, 6.45) is -0.0618. The second-order valence-corrected chi connectivity index (χ2v) is 4.89. The first-order chi connectivity index (χ1) is 10.6. The largest absolute Gasteiger partial charge is 0.496 e. The minimum absolute atomic E-state index is 0.0618. The Morgan fingerprint density at radius 2 is 1.82 bits per heavy atom. The first-order valence-electron chi connectivity index (χ1n) is 7.15. The molecule has 22 heavy (non-hydrogen) atoms. The molecule has 5 nitrogen and oxygen atoms in total. The molecule has 0 aliphatic heterocycles. The summed E-state index contributed by atoms with van der Waals surface area (Å²) >= 11 is 0. The summed E-state index contributed by atoms with van der Waals surface area (Å²) in [5, 5.41) is 10.5. The number of hydrogen-bond donors (Lipinski definition) is 1. The monoisotopic (exact) mass is 301 g/mol. The fourth-order valence-electron chi connectivity index (χ4n) is 2.44. The van der Waals surface area contributed by atoms with Crippen LogP contribution in [0.2, 0.25) is 0 Å². The standard InChI is InChI=1S/C17H19NO4/c1-3-18(11-10-16(19)20)17(21)14-8-9-15(22-2)13-7-5-4-6-12(13)14/h4-9H,3,10-11H2,1-2H3,(H,19,20). The molecule has 0 radical (unpaired) electrons. The molecule has 0 atom stereocenters. The number of nitrogens with zero attached hydrogens (tertiary/aromatic N) is 1. The third kappa shape index (κ3) is 3.19. The van der Waals surface area contributed by atoms with Crippen molar-refractivity contribution in [1.82, 2.24) is 4.90 Å². The molecule has 0 aliphatic carbocycles. The first-order valence-corrected chi connectivity index (χ1v) is 7.15. The van der Waals surface area contributed by atoms with E-state index in [2.05, 4.69) is 0 Å². The zero-order valence-corrected chi connectivity index (χ0v) is 12.7. The summed E-state index contributed by atoms with van der Waals surface area (Å²) in [6.45, 7) is 2.50. The van der Waals surface area contributed by atoms with Crippen molar-refractivity contribution in [2.24, 2.45) is 0 Å². The lowest BCUT2D eigenvalue weighted by Crippen LogP contribution is -2.33. The van der Waals surface area contributed by atoms with Gasteiger partial charge in [-0.15, -0.1) is 0 Å². The van der Waals surface area contributed by atoms with Crippen LogP contribution in [0, 0.1) is 0 Å². The van der Waals surface area contributed by atoms with Gasteiger partial charge in [0.05, 0.1) is 13.5 Å². The Kier molecular flexibility index (Phi) is 4.99. The van der Waals surface area contributed by atoms with Crippen LogP contribution >= 0.6 is 0 Å². The molecule has 5 heteroatoms. The zero-order chi connectivity index (χ0) is 16.1. The van der Waals surface area contributed by atoms with Crippen molar-refractivity contribution in [3.8, 4) is 5.75 Å². The van der Waals surface area contributed by atoms with Gasteiger partial charge in [-0.1, -0.05) is 24.3 Å². The molecule has 1 amide bonds. The Bertz CT molecular complexity index is 696. The second-order valence-electron chi connectivity index (χ2n) is 4.89. The van der Waals surface area contributed by atoms with Crippen LogP contribution in [0.25, 0.3) is 10.8 Å². The third-order valence-corrected chi connectivity index (χ3v) is 3.60. The molecule has 2 rings (SSSR count). The van der Waals surface area contributed by atoms with Gasteiger partial charge in [0.15, 0.2) is 0 Å². The molecule has 0 bridgehead atoms. The fourth-order valence-corrected chi connectivity index (χ4v) is 2.44. The molecule has 0 saturated heterocycles. The quantitative estimate of drug-likeness (QED) is 0.891. The topological polar surface area (TPSA) is 66.8 Å². The molecule has 0 aromatic heterocycles. The number of aliphatic carboxylic acids is 1. The van der Waals surface area contributed by atoms with E-state index in [-0.39, 0.29) is 18.9 Å². The second kappa shape index (κ2) is 6.93. The normalized spacial score (nSPS) is 10.5. The van der Waals surface area contributed by atoms with E-state index in [0.717, 1.165) is 10.8 Å². The van der Waals surface area contributed by atoms with Crippen molar-refractivity contribution in [2.75, 3.05) is 20.2 Å². The van der Waals surface area contributed by atoms with Crippen LogP contribution in [-0.4, -0.2) is 42.1 Å². The van der Waals surface area contributed by atoms with E-state index >= 15 is 0 Å².